The molecule has 3 heterocycles. The average molecular weight is 372 g/mol. The minimum atomic E-state index is -4.02. The maximum absolute atomic E-state index is 10.5. The molecule has 4 rings (SSSR count). The molecule has 3 aliphatic rings. The van der Waals surface area contributed by atoms with Gasteiger partial charge in [-0.25, -0.2) is 0 Å². The van der Waals surface area contributed by atoms with Crippen molar-refractivity contribution in [3.05, 3.63) is 29.8 Å². The predicted molar refractivity (Wildman–Crippen MR) is 92.5 cm³/mol. The summed E-state index contributed by atoms with van der Waals surface area (Å²) in [5.74, 6) is 0. The first-order valence-corrected chi connectivity index (χ1v) is 10.2. The number of hydrogen-bond donors (Lipinski definition) is 3. The van der Waals surface area contributed by atoms with Gasteiger partial charge in [0.1, 0.15) is 52.4 Å². The van der Waals surface area contributed by atoms with Crippen molar-refractivity contribution in [3.63, 3.8) is 0 Å². The molecule has 140 valence electrons. The van der Waals surface area contributed by atoms with Gasteiger partial charge in [0.15, 0.2) is 12.2 Å². The second-order valence-electron chi connectivity index (χ2n) is 7.90. The van der Waals surface area contributed by atoms with E-state index < -0.39 is 10.1 Å². The van der Waals surface area contributed by atoms with Crippen molar-refractivity contribution in [2.24, 2.45) is 0 Å². The molecule has 3 aliphatic heterocycles. The van der Waals surface area contributed by atoms with E-state index in [9.17, 15) is 18.6 Å². The molecule has 25 heavy (non-hydrogen) atoms. The second kappa shape index (κ2) is 6.61. The van der Waals surface area contributed by atoms with Gasteiger partial charge in [0.05, 0.1) is 4.90 Å². The molecule has 3 saturated heterocycles. The van der Waals surface area contributed by atoms with Crippen molar-refractivity contribution in [2.75, 3.05) is 52.4 Å². The fourth-order valence-electron chi connectivity index (χ4n) is 4.19. The van der Waals surface area contributed by atoms with Gasteiger partial charge < -0.3 is 19.2 Å². The Morgan fingerprint density at radius 2 is 1.20 bits per heavy atom. The first-order chi connectivity index (χ1) is 11.6. The van der Waals surface area contributed by atoms with E-state index >= 15 is 0 Å². The molecule has 1 aromatic carbocycles. The van der Waals surface area contributed by atoms with Crippen LogP contribution in [0.3, 0.4) is 0 Å². The third-order valence-corrected chi connectivity index (χ3v) is 6.68. The smallest absolute Gasteiger partial charge is 0.294 e. The van der Waals surface area contributed by atoms with Crippen molar-refractivity contribution in [2.45, 2.75) is 24.0 Å². The van der Waals surface area contributed by atoms with Crippen molar-refractivity contribution in [3.8, 4) is 0 Å². The molecule has 0 bridgehead atoms. The molecular weight excluding hydrogens is 344 g/mol. The van der Waals surface area contributed by atoms with Crippen molar-refractivity contribution >= 4 is 10.1 Å². The fourth-order valence-corrected chi connectivity index (χ4v) is 4.67. The van der Waals surface area contributed by atoms with Crippen LogP contribution in [-0.4, -0.2) is 96.7 Å². The molecule has 2 spiro atoms. The van der Waals surface area contributed by atoms with Gasteiger partial charge in [-0.3, -0.25) is 4.55 Å². The maximum atomic E-state index is 10.5. The lowest BCUT2D eigenvalue weighted by Gasteiger charge is -2.58. The molecule has 0 aromatic heterocycles. The van der Waals surface area contributed by atoms with Crippen LogP contribution < -0.4 is 0 Å². The van der Waals surface area contributed by atoms with Gasteiger partial charge in [0.25, 0.3) is 10.1 Å². The first-order valence-electron chi connectivity index (χ1n) is 8.72. The zero-order valence-electron chi connectivity index (χ0n) is 14.6. The van der Waals surface area contributed by atoms with Crippen LogP contribution in [0.1, 0.15) is 5.56 Å². The highest BCUT2D eigenvalue weighted by Crippen LogP contribution is 2.30. The summed E-state index contributed by atoms with van der Waals surface area (Å²) in [5, 5.41) is 18.7. The minimum absolute atomic E-state index is 0.0384. The number of piperazine rings is 1. The van der Waals surface area contributed by atoms with E-state index in [0.29, 0.717) is 0 Å². The van der Waals surface area contributed by atoms with E-state index in [1.54, 1.807) is 12.1 Å². The van der Waals surface area contributed by atoms with Crippen LogP contribution in [0.15, 0.2) is 29.2 Å². The Morgan fingerprint density at radius 1 is 0.840 bits per heavy atom. The third-order valence-electron chi connectivity index (χ3n) is 5.81. The van der Waals surface area contributed by atoms with E-state index in [2.05, 4.69) is 0 Å². The highest BCUT2D eigenvalue weighted by atomic mass is 32.2. The molecule has 0 radical (unpaired) electrons. The second-order valence-corrected chi connectivity index (χ2v) is 9.33. The molecule has 0 amide bonds. The normalized spacial score (nSPS) is 37.0. The Balaban J connectivity index is 0.000000151. The van der Waals surface area contributed by atoms with Crippen molar-refractivity contribution in [1.82, 2.24) is 0 Å². The fraction of sp³-hybridized carbons (Fsp3) is 0.647. The summed E-state index contributed by atoms with van der Waals surface area (Å²) >= 11 is 0. The lowest BCUT2D eigenvalue weighted by Crippen LogP contribution is -2.79. The maximum Gasteiger partial charge on any atom is 0.294 e. The number of aliphatic hydroxyl groups is 2. The van der Waals surface area contributed by atoms with Gasteiger partial charge >= 0.3 is 0 Å². The average Bonchev–Trinajstić information content (AvgIpc) is 2.47. The van der Waals surface area contributed by atoms with Crippen LogP contribution in [0.5, 0.6) is 0 Å². The van der Waals surface area contributed by atoms with Crippen LogP contribution in [0.4, 0.5) is 0 Å². The predicted octanol–water partition coefficient (Wildman–Crippen LogP) is -0.376. The Kier molecular flexibility index (Phi) is 4.95. The summed E-state index contributed by atoms with van der Waals surface area (Å²) in [6.07, 6.45) is -0.0768. The van der Waals surface area contributed by atoms with E-state index in [1.807, 2.05) is 6.92 Å². The number of hydrogen-bond acceptors (Lipinski definition) is 4. The zero-order valence-corrected chi connectivity index (χ0v) is 15.4. The van der Waals surface area contributed by atoms with E-state index in [4.69, 9.17) is 4.55 Å². The standard InChI is InChI=1S/C10H20N2O2.C7H8O3S/c13-9-5-11(6-9)1-2-12(4-3-11)7-10(14)8-12;1-6-2-4-7(5-3-6)11(8,9)10/h9-10,13-14H,1-8H2;2-5H,1H3,(H,8,9,10)/q+2;. The summed E-state index contributed by atoms with van der Waals surface area (Å²) in [7, 11) is -4.02. The van der Waals surface area contributed by atoms with E-state index in [1.165, 1.54) is 38.3 Å². The Hall–Kier alpha value is -1.03. The van der Waals surface area contributed by atoms with Crippen LogP contribution >= 0.6 is 0 Å². The van der Waals surface area contributed by atoms with Gasteiger partial charge in [0.2, 0.25) is 0 Å². The van der Waals surface area contributed by atoms with Crippen LogP contribution in [0.25, 0.3) is 0 Å². The molecule has 3 fully saturated rings. The zero-order chi connectivity index (χ0) is 18.3. The van der Waals surface area contributed by atoms with Crippen molar-refractivity contribution in [1.29, 1.82) is 0 Å². The molecule has 8 heteroatoms. The van der Waals surface area contributed by atoms with Crippen molar-refractivity contribution < 1.29 is 32.1 Å². The highest BCUT2D eigenvalue weighted by Gasteiger charge is 2.53. The summed E-state index contributed by atoms with van der Waals surface area (Å²) in [6.45, 7) is 10.6. The molecule has 3 N–H and O–H groups in total. The summed E-state index contributed by atoms with van der Waals surface area (Å²) in [6, 6.07) is 5.99. The van der Waals surface area contributed by atoms with Crippen LogP contribution in [0.2, 0.25) is 0 Å². The molecule has 0 atom stereocenters. The largest absolute Gasteiger partial charge is 0.382 e. The van der Waals surface area contributed by atoms with E-state index in [-0.39, 0.29) is 17.1 Å². The summed E-state index contributed by atoms with van der Waals surface area (Å²) < 4.78 is 31.9. The van der Waals surface area contributed by atoms with E-state index in [0.717, 1.165) is 40.7 Å². The Bertz CT molecular complexity index is 669. The quantitative estimate of drug-likeness (QED) is 0.462. The number of rotatable bonds is 1. The molecule has 0 unspecified atom stereocenters. The molecule has 1 aromatic rings. The van der Waals surface area contributed by atoms with Crippen LogP contribution in [0, 0.1) is 6.92 Å². The SMILES string of the molecule is Cc1ccc(S(=O)(=O)O)cc1.OC1C[N+]2(CC[N+]3(CC2)CC(O)C3)C1. The van der Waals surface area contributed by atoms with Gasteiger partial charge in [-0.1, -0.05) is 17.7 Å². The number of benzene rings is 1. The number of nitrogens with zero attached hydrogens (tertiary/aromatic N) is 2. The van der Waals surface area contributed by atoms with Gasteiger partial charge in [-0.15, -0.1) is 0 Å². The molecule has 0 saturated carbocycles. The lowest BCUT2D eigenvalue weighted by atomic mass is 9.98. The lowest BCUT2D eigenvalue weighted by molar-refractivity contribution is -1.07. The van der Waals surface area contributed by atoms with Crippen LogP contribution in [-0.2, 0) is 10.1 Å². The Labute approximate surface area is 149 Å². The first kappa shape index (κ1) is 18.8. The molecular formula is C17H28N2O5S+2. The number of quaternary nitrogens is 2. The van der Waals surface area contributed by atoms with Gasteiger partial charge in [-0.2, -0.15) is 8.42 Å². The third kappa shape index (κ3) is 4.21. The minimum Gasteiger partial charge on any atom is -0.382 e. The summed E-state index contributed by atoms with van der Waals surface area (Å²) in [4.78, 5) is -0.0666. The topological polar surface area (TPSA) is 94.8 Å². The van der Waals surface area contributed by atoms with Gasteiger partial charge in [-0.05, 0) is 19.1 Å². The highest BCUT2D eigenvalue weighted by molar-refractivity contribution is 7.85. The molecule has 7 nitrogen and oxygen atoms in total. The molecule has 0 aliphatic carbocycles. The summed E-state index contributed by atoms with van der Waals surface area (Å²) in [5.41, 5.74) is 0.956. The monoisotopic (exact) mass is 372 g/mol. The van der Waals surface area contributed by atoms with Gasteiger partial charge in [0, 0.05) is 0 Å². The number of aliphatic hydroxyl groups excluding tert-OH is 2. The number of aryl methyl sites for hydroxylation is 1. The Morgan fingerprint density at radius 3 is 1.48 bits per heavy atom.